The van der Waals surface area contributed by atoms with Gasteiger partial charge in [-0.1, -0.05) is 37.6 Å². The van der Waals surface area contributed by atoms with E-state index in [1.807, 2.05) is 25.1 Å². The van der Waals surface area contributed by atoms with Crippen molar-refractivity contribution in [2.24, 2.45) is 0 Å². The Hall–Kier alpha value is -1.13. The molecule has 0 bridgehead atoms. The zero-order valence-corrected chi connectivity index (χ0v) is 13.4. The summed E-state index contributed by atoms with van der Waals surface area (Å²) in [6.07, 6.45) is 0. The lowest BCUT2D eigenvalue weighted by Crippen LogP contribution is -2.04. The normalized spacial score (nSPS) is 11.1. The van der Waals surface area contributed by atoms with E-state index in [2.05, 4.69) is 39.7 Å². The van der Waals surface area contributed by atoms with Crippen molar-refractivity contribution in [1.82, 2.24) is 9.97 Å². The molecule has 0 saturated carbocycles. The van der Waals surface area contributed by atoms with E-state index in [-0.39, 0.29) is 5.92 Å². The first-order valence-electron chi connectivity index (χ1n) is 5.99. The van der Waals surface area contributed by atoms with Crippen molar-refractivity contribution in [2.75, 3.05) is 5.73 Å². The summed E-state index contributed by atoms with van der Waals surface area (Å²) in [7, 11) is 0. The van der Waals surface area contributed by atoms with Crippen molar-refractivity contribution in [3.63, 3.8) is 0 Å². The van der Waals surface area contributed by atoms with E-state index < -0.39 is 0 Å². The Kier molecular flexibility index (Phi) is 4.11. The van der Waals surface area contributed by atoms with Crippen molar-refractivity contribution in [2.45, 2.75) is 26.7 Å². The molecule has 1 aromatic carbocycles. The van der Waals surface area contributed by atoms with Crippen LogP contribution in [0, 0.1) is 6.92 Å². The Morgan fingerprint density at radius 2 is 1.95 bits per heavy atom. The summed E-state index contributed by atoms with van der Waals surface area (Å²) in [5.41, 5.74) is 8.73. The summed E-state index contributed by atoms with van der Waals surface area (Å²) in [6.45, 7) is 6.10. The van der Waals surface area contributed by atoms with Crippen LogP contribution in [0.3, 0.4) is 0 Å². The van der Waals surface area contributed by atoms with Crippen LogP contribution in [0.2, 0.25) is 5.02 Å². The Bertz CT molecular complexity index is 626. The van der Waals surface area contributed by atoms with Crippen molar-refractivity contribution in [1.29, 1.82) is 0 Å². The first-order valence-corrected chi connectivity index (χ1v) is 7.16. The number of nitrogen functional groups attached to an aromatic ring is 1. The van der Waals surface area contributed by atoms with Crippen molar-refractivity contribution in [3.8, 4) is 11.4 Å². The molecular weight excluding hydrogens is 326 g/mol. The van der Waals surface area contributed by atoms with E-state index in [1.54, 1.807) is 0 Å². The lowest BCUT2D eigenvalue weighted by atomic mass is 10.1. The van der Waals surface area contributed by atoms with Gasteiger partial charge in [0.05, 0.1) is 10.2 Å². The highest BCUT2D eigenvalue weighted by molar-refractivity contribution is 9.10. The fourth-order valence-corrected chi connectivity index (χ4v) is 2.54. The highest BCUT2D eigenvalue weighted by Crippen LogP contribution is 2.30. The summed E-state index contributed by atoms with van der Waals surface area (Å²) < 4.78 is 0.768. The zero-order valence-electron chi connectivity index (χ0n) is 11.0. The second-order valence-electron chi connectivity index (χ2n) is 4.75. The Labute approximate surface area is 126 Å². The van der Waals surface area contributed by atoms with Crippen LogP contribution in [0.15, 0.2) is 22.7 Å². The van der Waals surface area contributed by atoms with E-state index >= 15 is 0 Å². The number of nitrogens with zero attached hydrogens (tertiary/aromatic N) is 2. The molecule has 2 rings (SSSR count). The van der Waals surface area contributed by atoms with Gasteiger partial charge in [-0.15, -0.1) is 0 Å². The molecule has 0 atom stereocenters. The molecule has 2 aromatic rings. The SMILES string of the molecule is Cc1ccc(-c2nc(N)c(Br)c(C(C)C)n2)cc1Cl. The number of nitrogens with two attached hydrogens (primary N) is 1. The topological polar surface area (TPSA) is 51.8 Å². The second-order valence-corrected chi connectivity index (χ2v) is 5.95. The number of rotatable bonds is 2. The van der Waals surface area contributed by atoms with Gasteiger partial charge < -0.3 is 5.73 Å². The fourth-order valence-electron chi connectivity index (χ4n) is 1.73. The van der Waals surface area contributed by atoms with E-state index in [4.69, 9.17) is 17.3 Å². The van der Waals surface area contributed by atoms with E-state index in [0.717, 1.165) is 21.3 Å². The van der Waals surface area contributed by atoms with Gasteiger partial charge in [-0.25, -0.2) is 9.97 Å². The monoisotopic (exact) mass is 339 g/mol. The first-order chi connectivity index (χ1) is 8.90. The summed E-state index contributed by atoms with van der Waals surface area (Å²) in [5.74, 6) is 1.32. The molecule has 5 heteroatoms. The molecule has 2 N–H and O–H groups in total. The van der Waals surface area contributed by atoms with Crippen LogP contribution in [0.1, 0.15) is 31.0 Å². The number of hydrogen-bond donors (Lipinski definition) is 1. The lowest BCUT2D eigenvalue weighted by molar-refractivity contribution is 0.811. The molecule has 0 aliphatic carbocycles. The summed E-state index contributed by atoms with van der Waals surface area (Å²) in [4.78, 5) is 8.89. The summed E-state index contributed by atoms with van der Waals surface area (Å²) in [6, 6.07) is 5.77. The smallest absolute Gasteiger partial charge is 0.161 e. The largest absolute Gasteiger partial charge is 0.383 e. The minimum atomic E-state index is 0.263. The third-order valence-corrected chi connectivity index (χ3v) is 4.10. The number of benzene rings is 1. The van der Waals surface area contributed by atoms with Crippen LogP contribution in [-0.4, -0.2) is 9.97 Å². The molecule has 19 heavy (non-hydrogen) atoms. The second kappa shape index (κ2) is 5.47. The summed E-state index contributed by atoms with van der Waals surface area (Å²) >= 11 is 9.58. The molecule has 1 heterocycles. The lowest BCUT2D eigenvalue weighted by Gasteiger charge is -2.12. The van der Waals surface area contributed by atoms with Gasteiger partial charge in [0.2, 0.25) is 0 Å². The summed E-state index contributed by atoms with van der Waals surface area (Å²) in [5, 5.41) is 0.702. The minimum Gasteiger partial charge on any atom is -0.383 e. The maximum Gasteiger partial charge on any atom is 0.161 e. The number of aryl methyl sites for hydroxylation is 1. The molecule has 0 aliphatic heterocycles. The molecule has 0 fully saturated rings. The van der Waals surface area contributed by atoms with Gasteiger partial charge in [-0.05, 0) is 40.4 Å². The third kappa shape index (κ3) is 2.90. The molecule has 0 aliphatic rings. The van der Waals surface area contributed by atoms with Gasteiger partial charge in [-0.3, -0.25) is 0 Å². The van der Waals surface area contributed by atoms with Gasteiger partial charge in [0.15, 0.2) is 5.82 Å². The van der Waals surface area contributed by atoms with Crippen molar-refractivity contribution >= 4 is 33.3 Å². The first kappa shape index (κ1) is 14.3. The Morgan fingerprint density at radius 1 is 1.26 bits per heavy atom. The quantitative estimate of drug-likeness (QED) is 0.871. The van der Waals surface area contributed by atoms with Crippen LogP contribution in [-0.2, 0) is 0 Å². The van der Waals surface area contributed by atoms with E-state index in [9.17, 15) is 0 Å². The molecule has 0 saturated heterocycles. The number of anilines is 1. The average Bonchev–Trinajstić information content (AvgIpc) is 2.35. The highest BCUT2D eigenvalue weighted by atomic mass is 79.9. The van der Waals surface area contributed by atoms with Crippen molar-refractivity contribution < 1.29 is 0 Å². The van der Waals surface area contributed by atoms with Crippen molar-refractivity contribution in [3.05, 3.63) is 39.0 Å². The maximum atomic E-state index is 6.14. The number of halogens is 2. The fraction of sp³-hybridized carbons (Fsp3) is 0.286. The van der Waals surface area contributed by atoms with E-state index in [0.29, 0.717) is 16.7 Å². The Morgan fingerprint density at radius 3 is 2.53 bits per heavy atom. The maximum absolute atomic E-state index is 6.14. The van der Waals surface area contributed by atoms with Gasteiger partial charge in [0.1, 0.15) is 5.82 Å². The highest BCUT2D eigenvalue weighted by Gasteiger charge is 2.14. The predicted molar refractivity (Wildman–Crippen MR) is 83.4 cm³/mol. The molecular formula is C14H15BrClN3. The number of aromatic nitrogens is 2. The molecule has 0 amide bonds. The standard InChI is InChI=1S/C14H15BrClN3/c1-7(2)12-11(15)13(17)19-14(18-12)9-5-4-8(3)10(16)6-9/h4-7H,1-3H3,(H2,17,18,19). The Balaban J connectivity index is 2.59. The molecule has 1 aromatic heterocycles. The van der Waals surface area contributed by atoms with Crippen LogP contribution < -0.4 is 5.73 Å². The molecule has 0 unspecified atom stereocenters. The molecule has 0 spiro atoms. The molecule has 100 valence electrons. The van der Waals surface area contributed by atoms with Gasteiger partial charge in [0, 0.05) is 10.6 Å². The average molecular weight is 341 g/mol. The van der Waals surface area contributed by atoms with Crippen LogP contribution in [0.25, 0.3) is 11.4 Å². The van der Waals surface area contributed by atoms with Gasteiger partial charge in [0.25, 0.3) is 0 Å². The predicted octanol–water partition coefficient (Wildman–Crippen LogP) is 4.57. The minimum absolute atomic E-state index is 0.263. The van der Waals surface area contributed by atoms with Crippen LogP contribution in [0.5, 0.6) is 0 Å². The molecule has 0 radical (unpaired) electrons. The van der Waals surface area contributed by atoms with Gasteiger partial charge >= 0.3 is 0 Å². The number of hydrogen-bond acceptors (Lipinski definition) is 3. The third-order valence-electron chi connectivity index (χ3n) is 2.88. The van der Waals surface area contributed by atoms with Crippen LogP contribution >= 0.6 is 27.5 Å². The zero-order chi connectivity index (χ0) is 14.2. The molecule has 3 nitrogen and oxygen atoms in total. The van der Waals surface area contributed by atoms with E-state index in [1.165, 1.54) is 0 Å². The van der Waals surface area contributed by atoms with Gasteiger partial charge in [-0.2, -0.15) is 0 Å². The van der Waals surface area contributed by atoms with Crippen LogP contribution in [0.4, 0.5) is 5.82 Å².